The third-order valence-corrected chi connectivity index (χ3v) is 4.27. The summed E-state index contributed by atoms with van der Waals surface area (Å²) in [6.07, 6.45) is 1.93. The quantitative estimate of drug-likeness (QED) is 0.567. The molecule has 0 bridgehead atoms. The molecule has 0 spiro atoms. The van der Waals surface area contributed by atoms with Gasteiger partial charge < -0.3 is 11.1 Å². The molecule has 5 heteroatoms. The highest BCUT2D eigenvalue weighted by atomic mass is 32.2. The number of carbonyl (C=O) groups excluding carboxylic acids is 1. The van der Waals surface area contributed by atoms with E-state index in [1.165, 1.54) is 11.8 Å². The van der Waals surface area contributed by atoms with Crippen LogP contribution in [0.3, 0.4) is 0 Å². The highest BCUT2D eigenvalue weighted by Gasteiger charge is 2.18. The minimum absolute atomic E-state index is 0.00524. The molecule has 22 heavy (non-hydrogen) atoms. The number of nitrogen functional groups attached to an aromatic ring is 1. The lowest BCUT2D eigenvalue weighted by Crippen LogP contribution is -2.27. The maximum atomic E-state index is 12.3. The average Bonchev–Trinajstić information content (AvgIpc) is 2.55. The van der Waals surface area contributed by atoms with Crippen LogP contribution in [0.5, 0.6) is 0 Å². The molecule has 0 aliphatic carbocycles. The Balaban J connectivity index is 1.98. The van der Waals surface area contributed by atoms with E-state index >= 15 is 0 Å². The van der Waals surface area contributed by atoms with Crippen molar-refractivity contribution < 1.29 is 4.79 Å². The number of carbonyl (C=O) groups is 1. The summed E-state index contributed by atoms with van der Waals surface area (Å²) in [6.45, 7) is 0.459. The van der Waals surface area contributed by atoms with Gasteiger partial charge in [-0.3, -0.25) is 10.2 Å². The zero-order valence-electron chi connectivity index (χ0n) is 12.4. The van der Waals surface area contributed by atoms with E-state index in [-0.39, 0.29) is 17.0 Å². The van der Waals surface area contributed by atoms with Gasteiger partial charge in [0.05, 0.1) is 0 Å². The molecule has 0 heterocycles. The summed E-state index contributed by atoms with van der Waals surface area (Å²) in [5, 5.41) is 10.1. The topological polar surface area (TPSA) is 79.0 Å². The van der Waals surface area contributed by atoms with E-state index in [0.717, 1.165) is 11.1 Å². The van der Waals surface area contributed by atoms with Gasteiger partial charge in [-0.25, -0.2) is 0 Å². The zero-order valence-corrected chi connectivity index (χ0v) is 13.2. The monoisotopic (exact) mass is 313 g/mol. The predicted molar refractivity (Wildman–Crippen MR) is 92.0 cm³/mol. The largest absolute Gasteiger partial charge is 0.384 e. The summed E-state index contributed by atoms with van der Waals surface area (Å²) in [4.78, 5) is 12.3. The van der Waals surface area contributed by atoms with E-state index in [4.69, 9.17) is 11.1 Å². The van der Waals surface area contributed by atoms with Gasteiger partial charge >= 0.3 is 0 Å². The summed E-state index contributed by atoms with van der Waals surface area (Å²) >= 11 is 1.52. The SMILES string of the molecule is CS[C@H](C(=O)NCc1ccc(C(=N)N)cc1)c1ccccc1. The Morgan fingerprint density at radius 3 is 2.36 bits per heavy atom. The first kappa shape index (κ1) is 16.1. The van der Waals surface area contributed by atoms with Crippen LogP contribution in [-0.2, 0) is 11.3 Å². The van der Waals surface area contributed by atoms with Crippen molar-refractivity contribution in [3.8, 4) is 0 Å². The Labute approximate surface area is 134 Å². The lowest BCUT2D eigenvalue weighted by Gasteiger charge is -2.15. The van der Waals surface area contributed by atoms with Crippen molar-refractivity contribution in [2.75, 3.05) is 6.26 Å². The first-order chi connectivity index (χ1) is 10.6. The Morgan fingerprint density at radius 2 is 1.82 bits per heavy atom. The zero-order chi connectivity index (χ0) is 15.9. The second kappa shape index (κ2) is 7.66. The van der Waals surface area contributed by atoms with E-state index < -0.39 is 0 Å². The second-order valence-corrected chi connectivity index (χ2v) is 5.80. The highest BCUT2D eigenvalue weighted by Crippen LogP contribution is 2.26. The number of hydrogen-bond acceptors (Lipinski definition) is 3. The lowest BCUT2D eigenvalue weighted by atomic mass is 10.1. The van der Waals surface area contributed by atoms with Crippen LogP contribution in [0.2, 0.25) is 0 Å². The van der Waals surface area contributed by atoms with Crippen molar-refractivity contribution in [1.82, 2.24) is 5.32 Å². The molecule has 2 rings (SSSR count). The number of benzene rings is 2. The Bertz CT molecular complexity index is 641. The highest BCUT2D eigenvalue weighted by molar-refractivity contribution is 7.99. The molecule has 1 amide bonds. The van der Waals surface area contributed by atoms with Gasteiger partial charge in [-0.2, -0.15) is 0 Å². The number of nitrogens with one attached hydrogen (secondary N) is 2. The smallest absolute Gasteiger partial charge is 0.237 e. The van der Waals surface area contributed by atoms with Gasteiger partial charge in [-0.15, -0.1) is 11.8 Å². The summed E-state index contributed by atoms with van der Waals surface area (Å²) in [6, 6.07) is 17.0. The van der Waals surface area contributed by atoms with Gasteiger partial charge in [0.2, 0.25) is 5.91 Å². The number of nitrogens with two attached hydrogens (primary N) is 1. The minimum Gasteiger partial charge on any atom is -0.384 e. The van der Waals surface area contributed by atoms with Crippen molar-refractivity contribution >= 4 is 23.5 Å². The fourth-order valence-electron chi connectivity index (χ4n) is 2.11. The van der Waals surface area contributed by atoms with Gasteiger partial charge in [0.15, 0.2) is 0 Å². The number of amides is 1. The predicted octanol–water partition coefficient (Wildman–Crippen LogP) is 2.69. The Morgan fingerprint density at radius 1 is 1.18 bits per heavy atom. The minimum atomic E-state index is -0.210. The van der Waals surface area contributed by atoms with Gasteiger partial charge in [0.1, 0.15) is 11.1 Å². The van der Waals surface area contributed by atoms with Crippen LogP contribution in [0, 0.1) is 5.41 Å². The molecule has 0 saturated carbocycles. The first-order valence-corrected chi connectivity index (χ1v) is 8.19. The molecule has 1 atom stereocenters. The summed E-state index contributed by atoms with van der Waals surface area (Å²) in [5.41, 5.74) is 8.08. The van der Waals surface area contributed by atoms with Crippen molar-refractivity contribution in [2.24, 2.45) is 5.73 Å². The Hall–Kier alpha value is -2.27. The number of thioether (sulfide) groups is 1. The molecule has 4 nitrogen and oxygen atoms in total. The molecule has 0 fully saturated rings. The van der Waals surface area contributed by atoms with Crippen molar-refractivity contribution in [3.63, 3.8) is 0 Å². The molecule has 114 valence electrons. The number of rotatable bonds is 6. The summed E-state index contributed by atoms with van der Waals surface area (Å²) in [5.74, 6) is 0.0384. The summed E-state index contributed by atoms with van der Waals surface area (Å²) < 4.78 is 0. The molecular weight excluding hydrogens is 294 g/mol. The fraction of sp³-hybridized carbons (Fsp3) is 0.176. The van der Waals surface area contributed by atoms with E-state index in [0.29, 0.717) is 12.1 Å². The third-order valence-electron chi connectivity index (χ3n) is 3.31. The van der Waals surface area contributed by atoms with Crippen molar-refractivity contribution in [2.45, 2.75) is 11.8 Å². The maximum absolute atomic E-state index is 12.3. The second-order valence-electron chi connectivity index (χ2n) is 4.85. The molecule has 0 saturated heterocycles. The molecule has 2 aromatic carbocycles. The van der Waals surface area contributed by atoms with E-state index in [1.54, 1.807) is 12.1 Å². The van der Waals surface area contributed by atoms with Gasteiger partial charge in [0, 0.05) is 12.1 Å². The molecule has 2 aromatic rings. The number of amidine groups is 1. The first-order valence-electron chi connectivity index (χ1n) is 6.90. The van der Waals surface area contributed by atoms with E-state index in [2.05, 4.69) is 5.32 Å². The van der Waals surface area contributed by atoms with Crippen LogP contribution in [0.15, 0.2) is 54.6 Å². The van der Waals surface area contributed by atoms with Crippen LogP contribution in [0.4, 0.5) is 0 Å². The lowest BCUT2D eigenvalue weighted by molar-refractivity contribution is -0.120. The molecule has 0 aromatic heterocycles. The Kier molecular flexibility index (Phi) is 5.61. The molecule has 0 aliphatic heterocycles. The standard InChI is InChI=1S/C17H19N3OS/c1-22-15(13-5-3-2-4-6-13)17(21)20-11-12-7-9-14(10-8-12)16(18)19/h2-10,15H,11H2,1H3,(H3,18,19)(H,20,21)/t15-/m0/s1. The molecular formula is C17H19N3OS. The summed E-state index contributed by atoms with van der Waals surface area (Å²) in [7, 11) is 0. The molecule has 0 aliphatic rings. The average molecular weight is 313 g/mol. The van der Waals surface area contributed by atoms with Crippen LogP contribution in [0.25, 0.3) is 0 Å². The van der Waals surface area contributed by atoms with E-state index in [9.17, 15) is 4.79 Å². The van der Waals surface area contributed by atoms with Crippen LogP contribution in [0.1, 0.15) is 21.9 Å². The maximum Gasteiger partial charge on any atom is 0.237 e. The van der Waals surface area contributed by atoms with Crippen LogP contribution < -0.4 is 11.1 Å². The molecule has 4 N–H and O–H groups in total. The van der Waals surface area contributed by atoms with Crippen LogP contribution >= 0.6 is 11.8 Å². The molecule has 0 radical (unpaired) electrons. The van der Waals surface area contributed by atoms with Gasteiger partial charge in [-0.05, 0) is 17.4 Å². The normalized spacial score (nSPS) is 11.7. The van der Waals surface area contributed by atoms with Crippen LogP contribution in [-0.4, -0.2) is 18.0 Å². The van der Waals surface area contributed by atoms with E-state index in [1.807, 2.05) is 48.7 Å². The van der Waals surface area contributed by atoms with Crippen molar-refractivity contribution in [3.05, 3.63) is 71.3 Å². The van der Waals surface area contributed by atoms with Gasteiger partial charge in [0.25, 0.3) is 0 Å². The molecule has 0 unspecified atom stereocenters. The van der Waals surface area contributed by atoms with Crippen molar-refractivity contribution in [1.29, 1.82) is 5.41 Å². The number of hydrogen-bond donors (Lipinski definition) is 3. The van der Waals surface area contributed by atoms with Gasteiger partial charge in [-0.1, -0.05) is 54.6 Å². The third kappa shape index (κ3) is 4.11. The fourth-order valence-corrected chi connectivity index (χ4v) is 2.83.